The molecule has 8 heteroatoms. The average molecular weight is 459 g/mol. The van der Waals surface area contributed by atoms with Crippen molar-refractivity contribution in [2.45, 2.75) is 37.1 Å². The van der Waals surface area contributed by atoms with Gasteiger partial charge in [-0.25, -0.2) is 9.97 Å². The Balaban J connectivity index is 1.14. The molecule has 1 saturated carbocycles. The number of piperidine rings is 3. The molecule has 2 N–H and O–H groups in total. The Kier molecular flexibility index (Phi) is 5.13. The fourth-order valence-electron chi connectivity index (χ4n) is 6.30. The van der Waals surface area contributed by atoms with Gasteiger partial charge in [-0.15, -0.1) is 0 Å². The van der Waals surface area contributed by atoms with Gasteiger partial charge in [0, 0.05) is 44.7 Å². The number of benzene rings is 1. The van der Waals surface area contributed by atoms with Gasteiger partial charge in [0.15, 0.2) is 0 Å². The van der Waals surface area contributed by atoms with E-state index in [2.05, 4.69) is 25.1 Å². The monoisotopic (exact) mass is 458 g/mol. The van der Waals surface area contributed by atoms with Gasteiger partial charge in [0.05, 0.1) is 22.8 Å². The fraction of sp³-hybridized carbons (Fsp3) is 0.462. The van der Waals surface area contributed by atoms with Crippen molar-refractivity contribution >= 4 is 22.5 Å². The summed E-state index contributed by atoms with van der Waals surface area (Å²) in [4.78, 5) is 41.8. The molecule has 4 fully saturated rings. The molecule has 1 aliphatic carbocycles. The lowest BCUT2D eigenvalue weighted by Gasteiger charge is -2.58. The summed E-state index contributed by atoms with van der Waals surface area (Å²) in [6.07, 6.45) is 6.24. The van der Waals surface area contributed by atoms with Crippen LogP contribution in [0.25, 0.3) is 10.9 Å². The summed E-state index contributed by atoms with van der Waals surface area (Å²) in [5.74, 6) is 1.40. The van der Waals surface area contributed by atoms with Crippen molar-refractivity contribution in [3.05, 3.63) is 64.5 Å². The highest BCUT2D eigenvalue weighted by Crippen LogP contribution is 2.51. The van der Waals surface area contributed by atoms with Crippen LogP contribution in [0, 0.1) is 5.92 Å². The average Bonchev–Trinajstić information content (AvgIpc) is 2.88. The lowest BCUT2D eigenvalue weighted by molar-refractivity contribution is -0.0349. The molecule has 0 radical (unpaired) electrons. The molecule has 3 aliphatic heterocycles. The standard InChI is InChI=1S/C26H30N6O2/c1-27-24(34)22-7-6-19(14-28-22)31-10-8-18(9-11-31)32-15-17-12-26(13-17,16-32)25-29-21-5-3-2-4-20(21)23(33)30-25/h2-7,14,17-18H,8-13,15-16H2,1H3,(H,27,34)(H,29,30,33). The summed E-state index contributed by atoms with van der Waals surface area (Å²) < 4.78 is 0. The highest BCUT2D eigenvalue weighted by Gasteiger charge is 2.53. The van der Waals surface area contributed by atoms with Crippen LogP contribution in [0.1, 0.15) is 42.0 Å². The van der Waals surface area contributed by atoms with E-state index in [4.69, 9.17) is 4.98 Å². The summed E-state index contributed by atoms with van der Waals surface area (Å²) >= 11 is 0. The van der Waals surface area contributed by atoms with Gasteiger partial charge in [-0.2, -0.15) is 0 Å². The molecule has 1 aromatic carbocycles. The zero-order valence-electron chi connectivity index (χ0n) is 19.5. The van der Waals surface area contributed by atoms with Crippen molar-refractivity contribution in [1.82, 2.24) is 25.2 Å². The van der Waals surface area contributed by atoms with E-state index in [1.165, 1.54) is 0 Å². The molecule has 0 atom stereocenters. The van der Waals surface area contributed by atoms with Crippen LogP contribution < -0.4 is 15.8 Å². The maximum Gasteiger partial charge on any atom is 0.269 e. The van der Waals surface area contributed by atoms with Gasteiger partial charge in [-0.05, 0) is 55.9 Å². The summed E-state index contributed by atoms with van der Waals surface area (Å²) in [5.41, 5.74) is 2.25. The van der Waals surface area contributed by atoms with Crippen molar-refractivity contribution in [2.24, 2.45) is 5.92 Å². The van der Waals surface area contributed by atoms with E-state index in [-0.39, 0.29) is 16.9 Å². The summed E-state index contributed by atoms with van der Waals surface area (Å²) in [6, 6.07) is 11.9. The second-order valence-electron chi connectivity index (χ2n) is 10.1. The summed E-state index contributed by atoms with van der Waals surface area (Å²) in [6.45, 7) is 4.07. The number of H-pyrrole nitrogens is 1. The first kappa shape index (κ1) is 21.3. The number of amides is 1. The molecule has 3 saturated heterocycles. The number of fused-ring (bicyclic) bond motifs is 3. The third-order valence-electron chi connectivity index (χ3n) is 8.03. The largest absolute Gasteiger partial charge is 0.370 e. The Morgan fingerprint density at radius 3 is 2.68 bits per heavy atom. The van der Waals surface area contributed by atoms with E-state index in [0.717, 1.165) is 68.9 Å². The number of hydrogen-bond donors (Lipinski definition) is 2. The van der Waals surface area contributed by atoms with E-state index in [9.17, 15) is 9.59 Å². The molecule has 34 heavy (non-hydrogen) atoms. The molecule has 0 spiro atoms. The number of hydrogen-bond acceptors (Lipinski definition) is 6. The van der Waals surface area contributed by atoms with Gasteiger partial charge in [-0.1, -0.05) is 12.1 Å². The molecule has 1 amide bonds. The fourth-order valence-corrected chi connectivity index (χ4v) is 6.30. The highest BCUT2D eigenvalue weighted by molar-refractivity contribution is 5.92. The van der Waals surface area contributed by atoms with Gasteiger partial charge in [0.1, 0.15) is 11.5 Å². The van der Waals surface area contributed by atoms with Crippen LogP contribution >= 0.6 is 0 Å². The van der Waals surface area contributed by atoms with Gasteiger partial charge >= 0.3 is 0 Å². The molecule has 176 valence electrons. The summed E-state index contributed by atoms with van der Waals surface area (Å²) in [7, 11) is 1.62. The maximum absolute atomic E-state index is 12.7. The number of nitrogens with zero attached hydrogens (tertiary/aromatic N) is 4. The number of nitrogens with one attached hydrogen (secondary N) is 2. The quantitative estimate of drug-likeness (QED) is 0.623. The molecular weight excluding hydrogens is 428 g/mol. The minimum Gasteiger partial charge on any atom is -0.370 e. The predicted octanol–water partition coefficient (Wildman–Crippen LogP) is 2.31. The number of aromatic amines is 1. The Labute approximate surface area is 198 Å². The van der Waals surface area contributed by atoms with E-state index >= 15 is 0 Å². The van der Waals surface area contributed by atoms with E-state index in [1.807, 2.05) is 30.3 Å². The maximum atomic E-state index is 12.7. The van der Waals surface area contributed by atoms with Crippen LogP contribution in [-0.4, -0.2) is 65.0 Å². The number of carbonyl (C=O) groups excluding carboxylic acids is 1. The minimum atomic E-state index is -0.162. The molecule has 8 nitrogen and oxygen atoms in total. The lowest BCUT2D eigenvalue weighted by atomic mass is 9.58. The SMILES string of the molecule is CNC(=O)c1ccc(N2CCC(N3CC4CC(c5nc6ccccc6c(=O)[nH]5)(C4)C3)CC2)cn1. The smallest absolute Gasteiger partial charge is 0.269 e. The molecule has 4 aliphatic rings. The van der Waals surface area contributed by atoms with Crippen LogP contribution in [0.4, 0.5) is 5.69 Å². The molecule has 2 bridgehead atoms. The Hall–Kier alpha value is -3.26. The molecular formula is C26H30N6O2. The van der Waals surface area contributed by atoms with Gasteiger partial charge in [-0.3, -0.25) is 14.5 Å². The second-order valence-corrected chi connectivity index (χ2v) is 10.1. The molecule has 3 aromatic rings. The normalized spacial score (nSPS) is 25.2. The van der Waals surface area contributed by atoms with Crippen LogP contribution in [0.5, 0.6) is 0 Å². The summed E-state index contributed by atoms with van der Waals surface area (Å²) in [5, 5.41) is 3.27. The first-order chi connectivity index (χ1) is 16.5. The van der Waals surface area contributed by atoms with Crippen LogP contribution in [-0.2, 0) is 5.41 Å². The zero-order valence-corrected chi connectivity index (χ0v) is 19.5. The van der Waals surface area contributed by atoms with Crippen LogP contribution in [0.15, 0.2) is 47.4 Å². The number of pyridine rings is 1. The molecule has 0 unspecified atom stereocenters. The second kappa shape index (κ2) is 8.20. The predicted molar refractivity (Wildman–Crippen MR) is 131 cm³/mol. The van der Waals surface area contributed by atoms with Gasteiger partial charge in [0.2, 0.25) is 0 Å². The van der Waals surface area contributed by atoms with E-state index in [0.29, 0.717) is 23.0 Å². The van der Waals surface area contributed by atoms with Crippen molar-refractivity contribution < 1.29 is 4.79 Å². The van der Waals surface area contributed by atoms with Crippen LogP contribution in [0.3, 0.4) is 0 Å². The Bertz CT molecular complexity index is 1270. The highest BCUT2D eigenvalue weighted by atomic mass is 16.1. The van der Waals surface area contributed by atoms with Crippen molar-refractivity contribution in [3.63, 3.8) is 0 Å². The molecule has 2 aromatic heterocycles. The van der Waals surface area contributed by atoms with Crippen molar-refractivity contribution in [1.29, 1.82) is 0 Å². The number of aromatic nitrogens is 3. The first-order valence-electron chi connectivity index (χ1n) is 12.2. The van der Waals surface area contributed by atoms with E-state index < -0.39 is 0 Å². The van der Waals surface area contributed by atoms with Crippen LogP contribution in [0.2, 0.25) is 0 Å². The first-order valence-corrected chi connectivity index (χ1v) is 12.2. The Morgan fingerprint density at radius 1 is 1.15 bits per heavy atom. The van der Waals surface area contributed by atoms with E-state index in [1.54, 1.807) is 19.3 Å². The number of carbonyl (C=O) groups is 1. The number of para-hydroxylation sites is 1. The van der Waals surface area contributed by atoms with Gasteiger partial charge < -0.3 is 15.2 Å². The zero-order chi connectivity index (χ0) is 23.3. The minimum absolute atomic E-state index is 0.0250. The van der Waals surface area contributed by atoms with Gasteiger partial charge in [0.25, 0.3) is 11.5 Å². The lowest BCUT2D eigenvalue weighted by Crippen LogP contribution is -2.63. The van der Waals surface area contributed by atoms with Crippen molar-refractivity contribution in [3.8, 4) is 0 Å². The molecule has 5 heterocycles. The van der Waals surface area contributed by atoms with Crippen molar-refractivity contribution in [2.75, 3.05) is 38.1 Å². The molecule has 7 rings (SSSR count). The third-order valence-corrected chi connectivity index (χ3v) is 8.03. The Morgan fingerprint density at radius 2 is 1.94 bits per heavy atom. The topological polar surface area (TPSA) is 94.2 Å². The third kappa shape index (κ3) is 3.57. The number of anilines is 1. The number of rotatable bonds is 4.